The van der Waals surface area contributed by atoms with Crippen molar-refractivity contribution >= 4 is 21.6 Å². The molecule has 1 heterocycles. The van der Waals surface area contributed by atoms with Crippen LogP contribution in [0, 0.1) is 17.1 Å². The molecule has 0 spiro atoms. The van der Waals surface area contributed by atoms with Crippen molar-refractivity contribution in [3.63, 3.8) is 0 Å². The van der Waals surface area contributed by atoms with E-state index in [2.05, 4.69) is 26.6 Å². The highest BCUT2D eigenvalue weighted by Crippen LogP contribution is 2.26. The highest BCUT2D eigenvalue weighted by atomic mass is 79.9. The smallest absolute Gasteiger partial charge is 0.161 e. The topological polar surface area (TPSA) is 47.9 Å². The summed E-state index contributed by atoms with van der Waals surface area (Å²) in [4.78, 5) is 0. The van der Waals surface area contributed by atoms with Crippen molar-refractivity contribution < 1.29 is 4.39 Å². The molecule has 2 N–H and O–H groups in total. The number of benzene rings is 1. The first-order valence-electron chi connectivity index (χ1n) is 5.57. The monoisotopic (exact) mass is 297 g/mol. The molecule has 5 heteroatoms. The van der Waals surface area contributed by atoms with Crippen LogP contribution in [0.25, 0.3) is 0 Å². The van der Waals surface area contributed by atoms with E-state index in [1.807, 2.05) is 6.07 Å². The Labute approximate surface area is 108 Å². The summed E-state index contributed by atoms with van der Waals surface area (Å²) in [6.45, 7) is 1.74. The summed E-state index contributed by atoms with van der Waals surface area (Å²) in [5, 5.41) is 15.2. The van der Waals surface area contributed by atoms with Crippen LogP contribution in [0.1, 0.15) is 18.4 Å². The number of nitrogens with one attached hydrogen (secondary N) is 2. The van der Waals surface area contributed by atoms with Gasteiger partial charge in [-0.2, -0.15) is 5.26 Å². The number of anilines is 1. The summed E-state index contributed by atoms with van der Waals surface area (Å²) < 4.78 is 14.1. The molecule has 0 bridgehead atoms. The highest BCUT2D eigenvalue weighted by molar-refractivity contribution is 9.10. The van der Waals surface area contributed by atoms with E-state index in [4.69, 9.17) is 5.26 Å². The van der Waals surface area contributed by atoms with Gasteiger partial charge in [-0.1, -0.05) is 0 Å². The molecule has 1 aliphatic heterocycles. The van der Waals surface area contributed by atoms with Crippen molar-refractivity contribution in [2.45, 2.75) is 18.9 Å². The quantitative estimate of drug-likeness (QED) is 0.902. The maximum absolute atomic E-state index is 13.8. The van der Waals surface area contributed by atoms with Gasteiger partial charge in [0.2, 0.25) is 0 Å². The van der Waals surface area contributed by atoms with Crippen molar-refractivity contribution in [3.8, 4) is 6.07 Å². The molecular weight excluding hydrogens is 285 g/mol. The largest absolute Gasteiger partial charge is 0.381 e. The molecule has 17 heavy (non-hydrogen) atoms. The second-order valence-corrected chi connectivity index (χ2v) is 4.87. The van der Waals surface area contributed by atoms with Gasteiger partial charge >= 0.3 is 0 Å². The Hall–Kier alpha value is -1.12. The molecule has 2 rings (SSSR count). The Morgan fingerprint density at radius 2 is 2.41 bits per heavy atom. The zero-order valence-electron chi connectivity index (χ0n) is 9.26. The van der Waals surface area contributed by atoms with Gasteiger partial charge in [-0.3, -0.25) is 0 Å². The maximum atomic E-state index is 13.8. The third-order valence-electron chi connectivity index (χ3n) is 2.90. The molecule has 1 saturated heterocycles. The number of hydrogen-bond acceptors (Lipinski definition) is 3. The molecule has 1 unspecified atom stereocenters. The molecule has 1 aliphatic rings. The fraction of sp³-hybridized carbons (Fsp3) is 0.417. The number of nitrogens with zero attached hydrogens (tertiary/aromatic N) is 1. The minimum Gasteiger partial charge on any atom is -0.381 e. The predicted molar refractivity (Wildman–Crippen MR) is 68.3 cm³/mol. The molecule has 0 radical (unpaired) electrons. The summed E-state index contributed by atoms with van der Waals surface area (Å²) in [5.41, 5.74) is 0.747. The fourth-order valence-corrected chi connectivity index (χ4v) is 2.37. The van der Waals surface area contributed by atoms with Crippen molar-refractivity contribution in [1.82, 2.24) is 5.32 Å². The third kappa shape index (κ3) is 2.76. The van der Waals surface area contributed by atoms with Crippen LogP contribution in [0.3, 0.4) is 0 Å². The lowest BCUT2D eigenvalue weighted by atomic mass is 10.2. The van der Waals surface area contributed by atoms with Crippen LogP contribution in [0.2, 0.25) is 0 Å². The summed E-state index contributed by atoms with van der Waals surface area (Å²) in [6.07, 6.45) is 2.29. The van der Waals surface area contributed by atoms with Gasteiger partial charge in [0, 0.05) is 12.6 Å². The molecule has 0 amide bonds. The lowest BCUT2D eigenvalue weighted by Crippen LogP contribution is -2.29. The lowest BCUT2D eigenvalue weighted by molar-refractivity contribution is 0.609. The van der Waals surface area contributed by atoms with Gasteiger partial charge in [0.15, 0.2) is 5.82 Å². The van der Waals surface area contributed by atoms with Crippen molar-refractivity contribution in [2.24, 2.45) is 0 Å². The standard InChI is InChI=1S/C12H13BrFN3/c13-11-8(6-15)3-4-10(12(11)14)17-7-9-2-1-5-16-9/h3-4,9,16-17H,1-2,5,7H2. The third-order valence-corrected chi connectivity index (χ3v) is 3.68. The minimum absolute atomic E-state index is 0.226. The average molecular weight is 298 g/mol. The zero-order valence-corrected chi connectivity index (χ0v) is 10.8. The molecule has 3 nitrogen and oxygen atoms in total. The molecular formula is C12H13BrFN3. The van der Waals surface area contributed by atoms with Crippen LogP contribution >= 0.6 is 15.9 Å². The van der Waals surface area contributed by atoms with E-state index >= 15 is 0 Å². The Balaban J connectivity index is 2.06. The van der Waals surface area contributed by atoms with E-state index in [1.54, 1.807) is 12.1 Å². The van der Waals surface area contributed by atoms with E-state index in [9.17, 15) is 4.39 Å². The summed E-state index contributed by atoms with van der Waals surface area (Å²) in [6, 6.07) is 5.55. The van der Waals surface area contributed by atoms with Crippen LogP contribution in [0.4, 0.5) is 10.1 Å². The van der Waals surface area contributed by atoms with Gasteiger partial charge in [0.25, 0.3) is 0 Å². The summed E-state index contributed by atoms with van der Waals surface area (Å²) in [7, 11) is 0. The van der Waals surface area contributed by atoms with Gasteiger partial charge in [0.1, 0.15) is 6.07 Å². The molecule has 0 aliphatic carbocycles. The summed E-state index contributed by atoms with van der Waals surface area (Å²) in [5.74, 6) is -0.401. The van der Waals surface area contributed by atoms with Crippen LogP contribution < -0.4 is 10.6 Å². The number of nitriles is 1. The van der Waals surface area contributed by atoms with Gasteiger partial charge in [-0.05, 0) is 47.4 Å². The van der Waals surface area contributed by atoms with Crippen LogP contribution in [-0.2, 0) is 0 Å². The normalized spacial score (nSPS) is 19.0. The SMILES string of the molecule is N#Cc1ccc(NCC2CCCN2)c(F)c1Br. The molecule has 0 aromatic heterocycles. The highest BCUT2D eigenvalue weighted by Gasteiger charge is 2.15. The van der Waals surface area contributed by atoms with Crippen molar-refractivity contribution in [3.05, 3.63) is 28.0 Å². The zero-order chi connectivity index (χ0) is 12.3. The lowest BCUT2D eigenvalue weighted by Gasteiger charge is -2.13. The van der Waals surface area contributed by atoms with Crippen LogP contribution in [-0.4, -0.2) is 19.1 Å². The Morgan fingerprint density at radius 1 is 1.59 bits per heavy atom. The predicted octanol–water partition coefficient (Wildman–Crippen LogP) is 2.62. The number of rotatable bonds is 3. The Kier molecular flexibility index (Phi) is 3.97. The second kappa shape index (κ2) is 5.48. The van der Waals surface area contributed by atoms with Gasteiger partial charge in [-0.15, -0.1) is 0 Å². The van der Waals surface area contributed by atoms with Gasteiger partial charge in [-0.25, -0.2) is 4.39 Å². The van der Waals surface area contributed by atoms with Crippen molar-refractivity contribution in [1.29, 1.82) is 5.26 Å². The maximum Gasteiger partial charge on any atom is 0.161 e. The molecule has 1 fully saturated rings. The molecule has 1 atom stereocenters. The van der Waals surface area contributed by atoms with E-state index in [0.29, 0.717) is 23.8 Å². The van der Waals surface area contributed by atoms with E-state index < -0.39 is 5.82 Å². The molecule has 90 valence electrons. The Bertz CT molecular complexity index is 450. The second-order valence-electron chi connectivity index (χ2n) is 4.07. The average Bonchev–Trinajstić information content (AvgIpc) is 2.84. The molecule has 1 aromatic rings. The first-order valence-corrected chi connectivity index (χ1v) is 6.37. The minimum atomic E-state index is -0.401. The number of halogens is 2. The van der Waals surface area contributed by atoms with Gasteiger partial charge in [0.05, 0.1) is 15.7 Å². The molecule has 1 aromatic carbocycles. The van der Waals surface area contributed by atoms with E-state index in [-0.39, 0.29) is 4.47 Å². The first-order chi connectivity index (χ1) is 8.22. The van der Waals surface area contributed by atoms with Gasteiger partial charge < -0.3 is 10.6 Å². The summed E-state index contributed by atoms with van der Waals surface area (Å²) >= 11 is 3.09. The van der Waals surface area contributed by atoms with E-state index in [1.165, 1.54) is 6.42 Å². The van der Waals surface area contributed by atoms with Crippen LogP contribution in [0.15, 0.2) is 16.6 Å². The Morgan fingerprint density at radius 3 is 3.06 bits per heavy atom. The molecule has 0 saturated carbocycles. The van der Waals surface area contributed by atoms with Crippen molar-refractivity contribution in [2.75, 3.05) is 18.4 Å². The number of hydrogen-bond donors (Lipinski definition) is 2. The first kappa shape index (κ1) is 12.3. The van der Waals surface area contributed by atoms with E-state index in [0.717, 1.165) is 13.0 Å². The van der Waals surface area contributed by atoms with Crippen LogP contribution in [0.5, 0.6) is 0 Å². The fourth-order valence-electron chi connectivity index (χ4n) is 1.94.